The van der Waals surface area contributed by atoms with Gasteiger partial charge in [-0.1, -0.05) is 17.3 Å². The van der Waals surface area contributed by atoms with Gasteiger partial charge in [0.2, 0.25) is 6.79 Å². The number of nitrogens with zero attached hydrogens (tertiary/aromatic N) is 4. The number of carbonyl (C=O) groups is 1. The highest BCUT2D eigenvalue weighted by atomic mass is 16.7. The summed E-state index contributed by atoms with van der Waals surface area (Å²) in [6.45, 7) is 3.83. The van der Waals surface area contributed by atoms with Crippen molar-refractivity contribution in [3.05, 3.63) is 75.8 Å². The van der Waals surface area contributed by atoms with Crippen molar-refractivity contribution in [2.45, 2.75) is 20.4 Å². The molecule has 0 saturated carbocycles. The lowest BCUT2D eigenvalue weighted by molar-refractivity contribution is 0.0964. The van der Waals surface area contributed by atoms with Gasteiger partial charge in [-0.15, -0.1) is 5.10 Å². The Morgan fingerprint density at radius 3 is 2.73 bits per heavy atom. The first-order valence-electron chi connectivity index (χ1n) is 9.47. The Morgan fingerprint density at radius 2 is 1.87 bits per heavy atom. The van der Waals surface area contributed by atoms with Gasteiger partial charge in [-0.3, -0.25) is 9.59 Å². The van der Waals surface area contributed by atoms with Crippen molar-refractivity contribution in [2.24, 2.45) is 0 Å². The molecular formula is C22H18N4O4. The van der Waals surface area contributed by atoms with Gasteiger partial charge in [-0.25, -0.2) is 4.68 Å². The molecule has 0 atom stereocenters. The van der Waals surface area contributed by atoms with Crippen molar-refractivity contribution in [2.75, 3.05) is 6.79 Å². The van der Waals surface area contributed by atoms with E-state index in [0.717, 1.165) is 21.8 Å². The number of aryl methyl sites for hydroxylation is 1. The molecule has 0 unspecified atom stereocenters. The molecule has 1 aliphatic rings. The van der Waals surface area contributed by atoms with Gasteiger partial charge in [0.25, 0.3) is 5.56 Å². The van der Waals surface area contributed by atoms with Crippen LogP contribution >= 0.6 is 0 Å². The fourth-order valence-corrected chi connectivity index (χ4v) is 3.81. The number of fused-ring (bicyclic) bond motifs is 2. The Bertz CT molecular complexity index is 1370. The Hall–Kier alpha value is -3.94. The molecule has 0 radical (unpaired) electrons. The first-order chi connectivity index (χ1) is 14.5. The first-order valence-corrected chi connectivity index (χ1v) is 9.47. The zero-order valence-corrected chi connectivity index (χ0v) is 16.5. The summed E-state index contributed by atoms with van der Waals surface area (Å²) in [7, 11) is 0. The fraction of sp³-hybridized carbons (Fsp3) is 0.182. The van der Waals surface area contributed by atoms with E-state index in [1.165, 1.54) is 0 Å². The van der Waals surface area contributed by atoms with Crippen LogP contribution in [0, 0.1) is 13.8 Å². The van der Waals surface area contributed by atoms with Crippen LogP contribution in [0.25, 0.3) is 16.6 Å². The van der Waals surface area contributed by atoms with Crippen LogP contribution in [0.15, 0.2) is 53.3 Å². The van der Waals surface area contributed by atoms with E-state index in [1.54, 1.807) is 24.3 Å². The van der Waals surface area contributed by atoms with Gasteiger partial charge < -0.3 is 14.0 Å². The Labute approximate surface area is 171 Å². The highest BCUT2D eigenvalue weighted by Crippen LogP contribution is 2.34. The molecular weight excluding hydrogens is 384 g/mol. The number of rotatable bonds is 4. The summed E-state index contributed by atoms with van der Waals surface area (Å²) in [5.74, 6) is 1.17. The number of hydrogen-bond donors (Lipinski definition) is 0. The minimum atomic E-state index is -0.335. The number of carbonyl (C=O) groups excluding carboxylic acids is 1. The zero-order valence-electron chi connectivity index (χ0n) is 16.5. The van der Waals surface area contributed by atoms with Crippen LogP contribution in [0.2, 0.25) is 0 Å². The van der Waals surface area contributed by atoms with Crippen LogP contribution < -0.4 is 15.0 Å². The lowest BCUT2D eigenvalue weighted by Crippen LogP contribution is -2.28. The van der Waals surface area contributed by atoms with Crippen LogP contribution in [-0.4, -0.2) is 32.1 Å². The molecule has 30 heavy (non-hydrogen) atoms. The van der Waals surface area contributed by atoms with Crippen LogP contribution in [0.5, 0.6) is 11.5 Å². The SMILES string of the molecule is Cc1cc(C(=O)Cn2nnc3ccccc3c2=O)c(C)n1-c1ccc2c(c1)OCO2. The molecule has 8 heteroatoms. The first kappa shape index (κ1) is 18.1. The van der Waals surface area contributed by atoms with Gasteiger partial charge in [-0.2, -0.15) is 0 Å². The average Bonchev–Trinajstić information content (AvgIpc) is 3.33. The Kier molecular flexibility index (Phi) is 4.13. The van der Waals surface area contributed by atoms with Crippen molar-refractivity contribution in [1.82, 2.24) is 19.6 Å². The third kappa shape index (κ3) is 2.85. The Balaban J connectivity index is 1.50. The standard InChI is InChI=1S/C22H18N4O4/c1-13-9-17(14(2)26(13)15-7-8-20-21(10-15)30-12-29-20)19(27)11-25-22(28)16-5-3-4-6-18(16)23-24-25/h3-10H,11-12H2,1-2H3. The molecule has 0 spiro atoms. The summed E-state index contributed by atoms with van der Waals surface area (Å²) in [4.78, 5) is 25.7. The van der Waals surface area contributed by atoms with E-state index >= 15 is 0 Å². The van der Waals surface area contributed by atoms with E-state index in [2.05, 4.69) is 10.3 Å². The molecule has 3 heterocycles. The number of benzene rings is 2. The largest absolute Gasteiger partial charge is 0.454 e. The van der Waals surface area contributed by atoms with Crippen molar-refractivity contribution < 1.29 is 14.3 Å². The molecule has 0 amide bonds. The summed E-state index contributed by atoms with van der Waals surface area (Å²) in [6.07, 6.45) is 0. The summed E-state index contributed by atoms with van der Waals surface area (Å²) < 4.78 is 13.9. The molecule has 2 aromatic carbocycles. The molecule has 0 aliphatic carbocycles. The summed E-state index contributed by atoms with van der Waals surface area (Å²) in [6, 6.07) is 14.4. The van der Waals surface area contributed by atoms with Crippen LogP contribution in [0.3, 0.4) is 0 Å². The van der Waals surface area contributed by atoms with Crippen LogP contribution in [-0.2, 0) is 6.54 Å². The van der Waals surface area contributed by atoms with Gasteiger partial charge in [0.15, 0.2) is 17.3 Å². The predicted octanol–water partition coefficient (Wildman–Crippen LogP) is 2.81. The Morgan fingerprint density at radius 1 is 1.07 bits per heavy atom. The van der Waals surface area contributed by atoms with E-state index < -0.39 is 0 Å². The minimum Gasteiger partial charge on any atom is -0.454 e. The van der Waals surface area contributed by atoms with Crippen molar-refractivity contribution in [1.29, 1.82) is 0 Å². The van der Waals surface area contributed by atoms with Gasteiger partial charge in [-0.05, 0) is 44.2 Å². The second-order valence-electron chi connectivity index (χ2n) is 7.15. The van der Waals surface area contributed by atoms with Gasteiger partial charge >= 0.3 is 0 Å². The number of hydrogen-bond acceptors (Lipinski definition) is 6. The molecule has 8 nitrogen and oxygen atoms in total. The topological polar surface area (TPSA) is 88.2 Å². The molecule has 0 fully saturated rings. The third-order valence-electron chi connectivity index (χ3n) is 5.27. The molecule has 150 valence electrons. The average molecular weight is 402 g/mol. The van der Waals surface area contributed by atoms with E-state index in [-0.39, 0.29) is 24.7 Å². The molecule has 2 aromatic heterocycles. The number of Topliss-reactive ketones (excluding diaryl/α,β-unsaturated/α-hetero) is 1. The van der Waals surface area contributed by atoms with Gasteiger partial charge in [0.1, 0.15) is 12.1 Å². The van der Waals surface area contributed by atoms with Crippen LogP contribution in [0.1, 0.15) is 21.7 Å². The zero-order chi connectivity index (χ0) is 20.8. The maximum absolute atomic E-state index is 13.0. The normalized spacial score (nSPS) is 12.5. The van der Waals surface area contributed by atoms with E-state index in [0.29, 0.717) is 28.0 Å². The molecule has 5 rings (SSSR count). The molecule has 1 aliphatic heterocycles. The summed E-state index contributed by atoms with van der Waals surface area (Å²) in [5.41, 5.74) is 3.25. The monoisotopic (exact) mass is 402 g/mol. The highest BCUT2D eigenvalue weighted by Gasteiger charge is 2.20. The molecule has 0 saturated heterocycles. The highest BCUT2D eigenvalue weighted by molar-refractivity contribution is 5.97. The van der Waals surface area contributed by atoms with Crippen molar-refractivity contribution in [3.63, 3.8) is 0 Å². The number of ether oxygens (including phenoxy) is 2. The van der Waals surface area contributed by atoms with E-state index in [4.69, 9.17) is 9.47 Å². The maximum Gasteiger partial charge on any atom is 0.278 e. The summed E-state index contributed by atoms with van der Waals surface area (Å²) >= 11 is 0. The van der Waals surface area contributed by atoms with E-state index in [1.807, 2.05) is 42.7 Å². The number of aromatic nitrogens is 4. The fourth-order valence-electron chi connectivity index (χ4n) is 3.81. The minimum absolute atomic E-state index is 0.178. The summed E-state index contributed by atoms with van der Waals surface area (Å²) in [5, 5.41) is 8.41. The lowest BCUT2D eigenvalue weighted by Gasteiger charge is -2.11. The van der Waals surface area contributed by atoms with Crippen molar-refractivity contribution >= 4 is 16.7 Å². The second kappa shape index (κ2) is 6.84. The number of ketones is 1. The molecule has 4 aromatic rings. The third-order valence-corrected chi connectivity index (χ3v) is 5.27. The molecule has 0 bridgehead atoms. The lowest BCUT2D eigenvalue weighted by atomic mass is 10.1. The smallest absolute Gasteiger partial charge is 0.278 e. The van der Waals surface area contributed by atoms with Crippen molar-refractivity contribution in [3.8, 4) is 17.2 Å². The predicted molar refractivity (Wildman–Crippen MR) is 109 cm³/mol. The van der Waals surface area contributed by atoms with Crippen LogP contribution in [0.4, 0.5) is 0 Å². The van der Waals surface area contributed by atoms with E-state index in [9.17, 15) is 9.59 Å². The maximum atomic E-state index is 13.0. The molecule has 0 N–H and O–H groups in total. The quantitative estimate of drug-likeness (QED) is 0.488. The second-order valence-corrected chi connectivity index (χ2v) is 7.15. The van der Waals surface area contributed by atoms with Gasteiger partial charge in [0, 0.05) is 28.7 Å². The van der Waals surface area contributed by atoms with Gasteiger partial charge in [0.05, 0.1) is 5.39 Å².